The van der Waals surface area contributed by atoms with E-state index in [0.717, 1.165) is 5.56 Å². The topological polar surface area (TPSA) is 56.0 Å². The van der Waals surface area contributed by atoms with Gasteiger partial charge in [0.1, 0.15) is 0 Å². The maximum atomic E-state index is 10.7. The van der Waals surface area contributed by atoms with Gasteiger partial charge in [-0.15, -0.1) is 0 Å². The van der Waals surface area contributed by atoms with Crippen LogP contribution in [0.2, 0.25) is 0 Å². The van der Waals surface area contributed by atoms with Crippen LogP contribution in [0.1, 0.15) is 12.5 Å². The van der Waals surface area contributed by atoms with Gasteiger partial charge < -0.3 is 5.73 Å². The lowest BCUT2D eigenvalue weighted by Gasteiger charge is -1.95. The Morgan fingerprint density at radius 1 is 1.69 bits per heavy atom. The quantitative estimate of drug-likeness (QED) is 0.700. The fraction of sp³-hybridized carbons (Fsp3) is 0.200. The third-order valence-corrected chi connectivity index (χ3v) is 1.76. The molecule has 0 atom stereocenters. The van der Waals surface area contributed by atoms with Crippen molar-refractivity contribution in [1.29, 1.82) is 0 Å². The summed E-state index contributed by atoms with van der Waals surface area (Å²) in [5.41, 5.74) is 6.74. The van der Waals surface area contributed by atoms with Gasteiger partial charge in [0.25, 0.3) is 0 Å². The number of nitrogens with two attached hydrogens (primary N) is 1. The molecule has 1 amide bonds. The van der Waals surface area contributed by atoms with Crippen molar-refractivity contribution in [3.8, 4) is 0 Å². The van der Waals surface area contributed by atoms with Gasteiger partial charge in [-0.2, -0.15) is 0 Å². The number of carbonyl (C=O) groups is 1. The maximum Gasteiger partial charge on any atom is 0.244 e. The van der Waals surface area contributed by atoms with E-state index in [9.17, 15) is 4.79 Å². The highest BCUT2D eigenvalue weighted by atomic mass is 16.1. The van der Waals surface area contributed by atoms with E-state index in [1.54, 1.807) is 25.4 Å². The minimum absolute atomic E-state index is 0.371. The number of hydrogen-bond acceptors (Lipinski definition) is 2. The van der Waals surface area contributed by atoms with Gasteiger partial charge in [-0.1, -0.05) is 12.1 Å². The minimum atomic E-state index is -0.371. The largest absolute Gasteiger partial charge is 0.366 e. The highest BCUT2D eigenvalue weighted by molar-refractivity contribution is 5.91. The first-order chi connectivity index (χ1) is 6.20. The lowest BCUT2D eigenvalue weighted by Crippen LogP contribution is -2.11. The van der Waals surface area contributed by atoms with E-state index in [4.69, 9.17) is 5.73 Å². The number of hydrogen-bond donors (Lipinski definition) is 1. The van der Waals surface area contributed by atoms with Crippen LogP contribution in [-0.4, -0.2) is 10.9 Å². The standard InChI is InChI=1S/C10H12N2O/c1-8(10(11)13)4-5-9-3-2-6-12-7-9/h2-4,6-7H,5H2,1H3,(H2,11,13). The summed E-state index contributed by atoms with van der Waals surface area (Å²) in [6, 6.07) is 3.82. The predicted octanol–water partition coefficient (Wildman–Crippen LogP) is 1.06. The van der Waals surface area contributed by atoms with E-state index in [2.05, 4.69) is 4.98 Å². The van der Waals surface area contributed by atoms with Crippen LogP contribution in [0.4, 0.5) is 0 Å². The maximum absolute atomic E-state index is 10.7. The molecule has 1 heterocycles. The SMILES string of the molecule is CC(=CCc1cccnc1)C(N)=O. The van der Waals surface area contributed by atoms with Gasteiger partial charge in [-0.05, 0) is 25.0 Å². The molecular weight excluding hydrogens is 164 g/mol. The lowest BCUT2D eigenvalue weighted by atomic mass is 10.1. The summed E-state index contributed by atoms with van der Waals surface area (Å²) < 4.78 is 0. The summed E-state index contributed by atoms with van der Waals surface area (Å²) in [4.78, 5) is 14.6. The normalized spacial score (nSPS) is 11.3. The Balaban J connectivity index is 2.62. The van der Waals surface area contributed by atoms with Crippen LogP contribution in [0.25, 0.3) is 0 Å². The number of allylic oxidation sites excluding steroid dienone is 1. The molecule has 0 aliphatic heterocycles. The number of primary amides is 1. The first kappa shape index (κ1) is 9.45. The van der Waals surface area contributed by atoms with E-state index >= 15 is 0 Å². The van der Waals surface area contributed by atoms with Gasteiger partial charge in [-0.25, -0.2) is 0 Å². The zero-order valence-corrected chi connectivity index (χ0v) is 7.53. The third-order valence-electron chi connectivity index (χ3n) is 1.76. The molecule has 0 saturated heterocycles. The van der Waals surface area contributed by atoms with Crippen molar-refractivity contribution in [3.63, 3.8) is 0 Å². The number of pyridine rings is 1. The molecule has 1 aromatic heterocycles. The van der Waals surface area contributed by atoms with E-state index in [0.29, 0.717) is 12.0 Å². The van der Waals surface area contributed by atoms with Crippen molar-refractivity contribution >= 4 is 5.91 Å². The number of rotatable bonds is 3. The highest BCUT2D eigenvalue weighted by Gasteiger charge is 1.95. The van der Waals surface area contributed by atoms with Crippen LogP contribution in [-0.2, 0) is 11.2 Å². The molecule has 3 nitrogen and oxygen atoms in total. The number of aromatic nitrogens is 1. The van der Waals surface area contributed by atoms with Crippen molar-refractivity contribution in [2.24, 2.45) is 5.73 Å². The lowest BCUT2D eigenvalue weighted by molar-refractivity contribution is -0.114. The van der Waals surface area contributed by atoms with Crippen molar-refractivity contribution in [3.05, 3.63) is 41.7 Å². The van der Waals surface area contributed by atoms with Gasteiger partial charge in [0, 0.05) is 18.0 Å². The Bertz CT molecular complexity index is 317. The Kier molecular flexibility index (Phi) is 3.20. The van der Waals surface area contributed by atoms with Crippen LogP contribution in [0.15, 0.2) is 36.2 Å². The highest BCUT2D eigenvalue weighted by Crippen LogP contribution is 2.00. The van der Waals surface area contributed by atoms with E-state index in [1.165, 1.54) is 0 Å². The van der Waals surface area contributed by atoms with E-state index in [-0.39, 0.29) is 5.91 Å². The van der Waals surface area contributed by atoms with Gasteiger partial charge in [0.2, 0.25) is 5.91 Å². The third kappa shape index (κ3) is 3.07. The van der Waals surface area contributed by atoms with Crippen molar-refractivity contribution in [2.45, 2.75) is 13.3 Å². The van der Waals surface area contributed by atoms with Crippen LogP contribution in [0.5, 0.6) is 0 Å². The summed E-state index contributed by atoms with van der Waals surface area (Å²) in [5.74, 6) is -0.371. The molecule has 13 heavy (non-hydrogen) atoms. The second kappa shape index (κ2) is 4.40. The van der Waals surface area contributed by atoms with Gasteiger partial charge in [0.15, 0.2) is 0 Å². The summed E-state index contributed by atoms with van der Waals surface area (Å²) in [6.07, 6.45) is 5.99. The van der Waals surface area contributed by atoms with Crippen LogP contribution in [0, 0.1) is 0 Å². The zero-order chi connectivity index (χ0) is 9.68. The molecule has 68 valence electrons. The molecule has 1 aromatic rings. The van der Waals surface area contributed by atoms with Gasteiger partial charge in [-0.3, -0.25) is 9.78 Å². The molecule has 2 N–H and O–H groups in total. The molecule has 0 radical (unpaired) electrons. The predicted molar refractivity (Wildman–Crippen MR) is 50.9 cm³/mol. The molecule has 0 spiro atoms. The van der Waals surface area contributed by atoms with Crippen LogP contribution >= 0.6 is 0 Å². The summed E-state index contributed by atoms with van der Waals surface area (Å²) in [5, 5.41) is 0. The van der Waals surface area contributed by atoms with Crippen molar-refractivity contribution < 1.29 is 4.79 Å². The Labute approximate surface area is 77.3 Å². The Morgan fingerprint density at radius 2 is 2.46 bits per heavy atom. The number of nitrogens with zero attached hydrogens (tertiary/aromatic N) is 1. The summed E-state index contributed by atoms with van der Waals surface area (Å²) in [7, 11) is 0. The molecule has 1 rings (SSSR count). The Hall–Kier alpha value is -1.64. The minimum Gasteiger partial charge on any atom is -0.366 e. The fourth-order valence-electron chi connectivity index (χ4n) is 0.890. The average molecular weight is 176 g/mol. The molecule has 3 heteroatoms. The summed E-state index contributed by atoms with van der Waals surface area (Å²) >= 11 is 0. The summed E-state index contributed by atoms with van der Waals surface area (Å²) in [6.45, 7) is 1.71. The molecule has 0 aliphatic rings. The van der Waals surface area contributed by atoms with Crippen LogP contribution in [0.3, 0.4) is 0 Å². The molecule has 0 aliphatic carbocycles. The zero-order valence-electron chi connectivity index (χ0n) is 7.53. The molecule has 0 fully saturated rings. The number of amides is 1. The second-order valence-corrected chi connectivity index (χ2v) is 2.82. The number of carbonyl (C=O) groups excluding carboxylic acids is 1. The molecule has 0 bridgehead atoms. The first-order valence-corrected chi connectivity index (χ1v) is 4.05. The Morgan fingerprint density at radius 3 is 3.00 bits per heavy atom. The molecule has 0 unspecified atom stereocenters. The van der Waals surface area contributed by atoms with Crippen molar-refractivity contribution in [2.75, 3.05) is 0 Å². The first-order valence-electron chi connectivity index (χ1n) is 4.05. The van der Waals surface area contributed by atoms with E-state index < -0.39 is 0 Å². The second-order valence-electron chi connectivity index (χ2n) is 2.82. The molecule has 0 aromatic carbocycles. The van der Waals surface area contributed by atoms with Gasteiger partial charge in [0.05, 0.1) is 0 Å². The smallest absolute Gasteiger partial charge is 0.244 e. The van der Waals surface area contributed by atoms with Crippen LogP contribution < -0.4 is 5.73 Å². The molecule has 0 saturated carbocycles. The fourth-order valence-corrected chi connectivity index (χ4v) is 0.890. The van der Waals surface area contributed by atoms with E-state index in [1.807, 2.05) is 12.1 Å². The average Bonchev–Trinajstić information content (AvgIpc) is 2.15. The monoisotopic (exact) mass is 176 g/mol. The molecular formula is C10H12N2O. The van der Waals surface area contributed by atoms with Gasteiger partial charge >= 0.3 is 0 Å². The van der Waals surface area contributed by atoms with Crippen molar-refractivity contribution in [1.82, 2.24) is 4.98 Å².